The highest BCUT2D eigenvalue weighted by Gasteiger charge is 2.03. The van der Waals surface area contributed by atoms with Gasteiger partial charge in [0.15, 0.2) is 0 Å². The molecule has 2 rings (SSSR count). The molecule has 0 saturated carbocycles. The number of nitriles is 1. The van der Waals surface area contributed by atoms with Crippen LogP contribution in [-0.2, 0) is 0 Å². The molecule has 12 heavy (non-hydrogen) atoms. The maximum absolute atomic E-state index is 12.6. The van der Waals surface area contributed by atoms with E-state index in [9.17, 15) is 4.39 Å². The highest BCUT2D eigenvalue weighted by Crippen LogP contribution is 2.15. The first-order valence-electron chi connectivity index (χ1n) is 3.34. The van der Waals surface area contributed by atoms with Crippen LogP contribution < -0.4 is 0 Å². The summed E-state index contributed by atoms with van der Waals surface area (Å²) in [5, 5.41) is 9.12. The number of pyridine rings is 1. The highest BCUT2D eigenvalue weighted by molar-refractivity contribution is 5.82. The lowest BCUT2D eigenvalue weighted by atomic mass is 10.2. The van der Waals surface area contributed by atoms with Gasteiger partial charge < -0.3 is 4.98 Å². The van der Waals surface area contributed by atoms with E-state index >= 15 is 0 Å². The zero-order chi connectivity index (χ0) is 8.55. The highest BCUT2D eigenvalue weighted by atomic mass is 19.1. The summed E-state index contributed by atoms with van der Waals surface area (Å²) in [5.41, 5.74) is 0.949. The fourth-order valence-electron chi connectivity index (χ4n) is 1.07. The first kappa shape index (κ1) is 6.80. The van der Waals surface area contributed by atoms with Gasteiger partial charge in [-0.3, -0.25) is 0 Å². The fourth-order valence-corrected chi connectivity index (χ4v) is 1.07. The van der Waals surface area contributed by atoms with E-state index in [0.717, 1.165) is 6.20 Å². The molecule has 0 unspecified atom stereocenters. The molecule has 0 amide bonds. The third-order valence-electron chi connectivity index (χ3n) is 1.62. The zero-order valence-corrected chi connectivity index (χ0v) is 6.00. The van der Waals surface area contributed by atoms with Gasteiger partial charge in [0.25, 0.3) is 0 Å². The average Bonchev–Trinajstić information content (AvgIpc) is 2.46. The minimum absolute atomic E-state index is 0.414. The SMILES string of the molecule is N#Cc1c[nH]c2ncc(F)cc12. The number of halogens is 1. The predicted molar refractivity (Wildman–Crippen MR) is 40.8 cm³/mol. The molecule has 0 radical (unpaired) electrons. The van der Waals surface area contributed by atoms with Gasteiger partial charge in [-0.15, -0.1) is 0 Å². The number of rotatable bonds is 0. The largest absolute Gasteiger partial charge is 0.345 e. The Labute approximate surface area is 67.5 Å². The maximum atomic E-state index is 12.6. The van der Waals surface area contributed by atoms with Crippen LogP contribution in [0.15, 0.2) is 18.5 Å². The summed E-state index contributed by atoms with van der Waals surface area (Å²) in [5.74, 6) is -0.432. The molecule has 2 aromatic heterocycles. The van der Waals surface area contributed by atoms with Crippen molar-refractivity contribution >= 4 is 11.0 Å². The van der Waals surface area contributed by atoms with Crippen molar-refractivity contribution in [3.63, 3.8) is 0 Å². The van der Waals surface area contributed by atoms with Gasteiger partial charge in [-0.05, 0) is 6.07 Å². The third kappa shape index (κ3) is 0.839. The number of fused-ring (bicyclic) bond motifs is 1. The normalized spacial score (nSPS) is 10.0. The number of hydrogen-bond donors (Lipinski definition) is 1. The maximum Gasteiger partial charge on any atom is 0.142 e. The zero-order valence-electron chi connectivity index (χ0n) is 6.00. The predicted octanol–water partition coefficient (Wildman–Crippen LogP) is 1.57. The fraction of sp³-hybridized carbons (Fsp3) is 0. The number of aromatic nitrogens is 2. The molecule has 0 aromatic carbocycles. The van der Waals surface area contributed by atoms with E-state index in [1.54, 1.807) is 0 Å². The molecule has 3 nitrogen and oxygen atoms in total. The number of hydrogen-bond acceptors (Lipinski definition) is 2. The number of aromatic amines is 1. The minimum atomic E-state index is -0.432. The van der Waals surface area contributed by atoms with Crippen LogP contribution in [0.5, 0.6) is 0 Å². The molecule has 0 saturated heterocycles. The lowest BCUT2D eigenvalue weighted by Crippen LogP contribution is -1.79. The molecular weight excluding hydrogens is 157 g/mol. The van der Waals surface area contributed by atoms with Crippen molar-refractivity contribution < 1.29 is 4.39 Å². The van der Waals surface area contributed by atoms with Crippen LogP contribution in [0.4, 0.5) is 4.39 Å². The van der Waals surface area contributed by atoms with Crippen molar-refractivity contribution in [2.24, 2.45) is 0 Å². The van der Waals surface area contributed by atoms with E-state index in [1.165, 1.54) is 12.3 Å². The second kappa shape index (κ2) is 2.31. The van der Waals surface area contributed by atoms with Crippen LogP contribution in [0.2, 0.25) is 0 Å². The van der Waals surface area contributed by atoms with Gasteiger partial charge in [0.05, 0.1) is 11.8 Å². The second-order valence-electron chi connectivity index (χ2n) is 2.36. The van der Waals surface area contributed by atoms with Crippen molar-refractivity contribution in [3.05, 3.63) is 29.8 Å². The summed E-state index contributed by atoms with van der Waals surface area (Å²) < 4.78 is 12.6. The molecule has 58 valence electrons. The lowest BCUT2D eigenvalue weighted by Gasteiger charge is -1.88. The molecule has 0 spiro atoms. The topological polar surface area (TPSA) is 52.5 Å². The number of nitrogens with one attached hydrogen (secondary N) is 1. The van der Waals surface area contributed by atoms with Gasteiger partial charge in [-0.2, -0.15) is 5.26 Å². The van der Waals surface area contributed by atoms with Gasteiger partial charge in [0.1, 0.15) is 17.5 Å². The monoisotopic (exact) mass is 161 g/mol. The lowest BCUT2D eigenvalue weighted by molar-refractivity contribution is 0.624. The second-order valence-corrected chi connectivity index (χ2v) is 2.36. The van der Waals surface area contributed by atoms with Crippen molar-refractivity contribution in [3.8, 4) is 6.07 Å². The Balaban J connectivity index is 2.86. The number of H-pyrrole nitrogens is 1. The summed E-state index contributed by atoms with van der Waals surface area (Å²) in [6, 6.07) is 3.23. The van der Waals surface area contributed by atoms with Crippen LogP contribution in [0.3, 0.4) is 0 Å². The summed E-state index contributed by atoms with van der Waals surface area (Å²) in [4.78, 5) is 6.53. The molecule has 0 aliphatic heterocycles. The van der Waals surface area contributed by atoms with Crippen LogP contribution in [0, 0.1) is 17.1 Å². The van der Waals surface area contributed by atoms with Crippen molar-refractivity contribution in [2.75, 3.05) is 0 Å². The molecule has 0 fully saturated rings. The summed E-state index contributed by atoms with van der Waals surface area (Å²) in [7, 11) is 0. The quantitative estimate of drug-likeness (QED) is 0.637. The van der Waals surface area contributed by atoms with Crippen LogP contribution in [0.1, 0.15) is 5.56 Å². The van der Waals surface area contributed by atoms with E-state index in [1.807, 2.05) is 6.07 Å². The average molecular weight is 161 g/mol. The summed E-state index contributed by atoms with van der Waals surface area (Å²) in [6.45, 7) is 0. The van der Waals surface area contributed by atoms with Gasteiger partial charge in [-0.25, -0.2) is 9.37 Å². The van der Waals surface area contributed by atoms with E-state index in [4.69, 9.17) is 5.26 Å². The van der Waals surface area contributed by atoms with Crippen LogP contribution in [-0.4, -0.2) is 9.97 Å². The molecule has 0 aliphatic rings. The molecular formula is C8H4FN3. The molecule has 0 atom stereocenters. The van der Waals surface area contributed by atoms with E-state index in [-0.39, 0.29) is 0 Å². The molecule has 2 aromatic rings. The standard InChI is InChI=1S/C8H4FN3/c9-6-1-7-5(2-10)3-11-8(7)12-4-6/h1,3-4H,(H,11,12). The van der Waals surface area contributed by atoms with Gasteiger partial charge in [0.2, 0.25) is 0 Å². The Hall–Kier alpha value is -1.89. The van der Waals surface area contributed by atoms with E-state index < -0.39 is 5.82 Å². The Morgan fingerprint density at radius 3 is 3.17 bits per heavy atom. The Morgan fingerprint density at radius 1 is 1.58 bits per heavy atom. The first-order chi connectivity index (χ1) is 5.81. The third-order valence-corrected chi connectivity index (χ3v) is 1.62. The summed E-state index contributed by atoms with van der Waals surface area (Å²) >= 11 is 0. The molecule has 2 heterocycles. The summed E-state index contributed by atoms with van der Waals surface area (Å²) in [6.07, 6.45) is 2.62. The van der Waals surface area contributed by atoms with Gasteiger partial charge in [0, 0.05) is 11.6 Å². The van der Waals surface area contributed by atoms with Crippen LogP contribution in [0.25, 0.3) is 11.0 Å². The minimum Gasteiger partial charge on any atom is -0.345 e. The number of nitrogens with zero attached hydrogens (tertiary/aromatic N) is 2. The van der Waals surface area contributed by atoms with Crippen molar-refractivity contribution in [1.29, 1.82) is 5.26 Å². The smallest absolute Gasteiger partial charge is 0.142 e. The van der Waals surface area contributed by atoms with Gasteiger partial charge in [-0.1, -0.05) is 0 Å². The van der Waals surface area contributed by atoms with Gasteiger partial charge >= 0.3 is 0 Å². The molecule has 0 bridgehead atoms. The Kier molecular flexibility index (Phi) is 1.31. The van der Waals surface area contributed by atoms with Crippen molar-refractivity contribution in [2.45, 2.75) is 0 Å². The molecule has 1 N–H and O–H groups in total. The molecule has 0 aliphatic carbocycles. The van der Waals surface area contributed by atoms with E-state index in [2.05, 4.69) is 9.97 Å². The first-order valence-corrected chi connectivity index (χ1v) is 3.34. The molecule has 4 heteroatoms. The van der Waals surface area contributed by atoms with E-state index in [0.29, 0.717) is 16.6 Å². The van der Waals surface area contributed by atoms with Crippen LogP contribution >= 0.6 is 0 Å². The Morgan fingerprint density at radius 2 is 2.42 bits per heavy atom. The Bertz CT molecular complexity index is 467. The van der Waals surface area contributed by atoms with Crippen molar-refractivity contribution in [1.82, 2.24) is 9.97 Å².